The normalized spacial score (nSPS) is 28.2. The molecule has 1 aliphatic carbocycles. The molecule has 2 unspecified atom stereocenters. The van der Waals surface area contributed by atoms with Gasteiger partial charge in [0.1, 0.15) is 0 Å². The molecule has 100 valence electrons. The molecular formula is C15H30N2. The third-order valence-corrected chi connectivity index (χ3v) is 4.53. The zero-order valence-corrected chi connectivity index (χ0v) is 11.8. The van der Waals surface area contributed by atoms with E-state index in [1.807, 2.05) is 0 Å². The van der Waals surface area contributed by atoms with Gasteiger partial charge in [-0.3, -0.25) is 4.90 Å². The molecule has 0 radical (unpaired) electrons. The first-order valence-corrected chi connectivity index (χ1v) is 7.78. The number of nitrogens with one attached hydrogen (secondary N) is 1. The fraction of sp³-hybridized carbons (Fsp3) is 1.00. The zero-order chi connectivity index (χ0) is 12.1. The van der Waals surface area contributed by atoms with Crippen molar-refractivity contribution in [2.24, 2.45) is 5.92 Å². The molecule has 2 heteroatoms. The van der Waals surface area contributed by atoms with E-state index in [-0.39, 0.29) is 0 Å². The van der Waals surface area contributed by atoms with Crippen LogP contribution in [0.25, 0.3) is 0 Å². The van der Waals surface area contributed by atoms with E-state index < -0.39 is 0 Å². The number of piperazine rings is 1. The summed E-state index contributed by atoms with van der Waals surface area (Å²) in [4.78, 5) is 2.73. The molecule has 1 saturated heterocycles. The highest BCUT2D eigenvalue weighted by atomic mass is 15.2. The summed E-state index contributed by atoms with van der Waals surface area (Å²) in [6.45, 7) is 8.50. The second kappa shape index (κ2) is 6.75. The fourth-order valence-electron chi connectivity index (χ4n) is 3.07. The first kappa shape index (κ1) is 13.4. The molecular weight excluding hydrogens is 208 g/mol. The molecule has 1 heterocycles. The van der Waals surface area contributed by atoms with Crippen LogP contribution in [0.4, 0.5) is 0 Å². The van der Waals surface area contributed by atoms with Gasteiger partial charge in [0.2, 0.25) is 0 Å². The summed E-state index contributed by atoms with van der Waals surface area (Å²) >= 11 is 0. The largest absolute Gasteiger partial charge is 0.311 e. The predicted octanol–water partition coefficient (Wildman–Crippen LogP) is 3.03. The zero-order valence-electron chi connectivity index (χ0n) is 11.8. The minimum atomic E-state index is 0.801. The van der Waals surface area contributed by atoms with E-state index in [2.05, 4.69) is 24.1 Å². The topological polar surface area (TPSA) is 15.3 Å². The highest BCUT2D eigenvalue weighted by molar-refractivity contribution is 4.92. The van der Waals surface area contributed by atoms with Crippen LogP contribution in [-0.2, 0) is 0 Å². The molecule has 1 saturated carbocycles. The Kier molecular flexibility index (Phi) is 5.30. The average molecular weight is 238 g/mol. The minimum absolute atomic E-state index is 0.801. The number of rotatable bonds is 7. The molecule has 0 aromatic carbocycles. The lowest BCUT2D eigenvalue weighted by molar-refractivity contribution is 0.137. The first-order chi connectivity index (χ1) is 8.31. The standard InChI is InChI=1S/C15H30N2/c1-3-4-5-6-7-13(2)17-11-10-16-15(12-17)14-8-9-14/h13-16H,3-12H2,1-2H3. The van der Waals surface area contributed by atoms with Crippen LogP contribution in [-0.4, -0.2) is 36.6 Å². The Morgan fingerprint density at radius 1 is 1.24 bits per heavy atom. The molecule has 2 rings (SSSR count). The Hall–Kier alpha value is -0.0800. The van der Waals surface area contributed by atoms with Crippen molar-refractivity contribution in [2.75, 3.05) is 19.6 Å². The predicted molar refractivity (Wildman–Crippen MR) is 74.3 cm³/mol. The Morgan fingerprint density at radius 2 is 2.06 bits per heavy atom. The van der Waals surface area contributed by atoms with Gasteiger partial charge >= 0.3 is 0 Å². The summed E-state index contributed by atoms with van der Waals surface area (Å²) in [7, 11) is 0. The van der Waals surface area contributed by atoms with Crippen LogP contribution in [0.15, 0.2) is 0 Å². The van der Waals surface area contributed by atoms with Crippen molar-refractivity contribution >= 4 is 0 Å². The van der Waals surface area contributed by atoms with Gasteiger partial charge in [-0.25, -0.2) is 0 Å². The Morgan fingerprint density at radius 3 is 2.76 bits per heavy atom. The lowest BCUT2D eigenvalue weighted by Gasteiger charge is -2.37. The van der Waals surface area contributed by atoms with Gasteiger partial charge in [0.05, 0.1) is 0 Å². The Bertz CT molecular complexity index is 213. The third kappa shape index (κ3) is 4.26. The molecule has 2 fully saturated rings. The van der Waals surface area contributed by atoms with Crippen molar-refractivity contribution in [3.05, 3.63) is 0 Å². The maximum Gasteiger partial charge on any atom is 0.0223 e. The van der Waals surface area contributed by atoms with Crippen molar-refractivity contribution in [2.45, 2.75) is 70.9 Å². The molecule has 0 spiro atoms. The molecule has 0 aromatic rings. The van der Waals surface area contributed by atoms with Crippen molar-refractivity contribution in [3.63, 3.8) is 0 Å². The molecule has 0 amide bonds. The Balaban J connectivity index is 1.65. The highest BCUT2D eigenvalue weighted by Gasteiger charge is 2.34. The van der Waals surface area contributed by atoms with Gasteiger partial charge in [0.15, 0.2) is 0 Å². The maximum absolute atomic E-state index is 3.70. The van der Waals surface area contributed by atoms with Crippen molar-refractivity contribution in [1.29, 1.82) is 0 Å². The van der Waals surface area contributed by atoms with Crippen LogP contribution in [0.3, 0.4) is 0 Å². The molecule has 1 N–H and O–H groups in total. The van der Waals surface area contributed by atoms with Crippen LogP contribution in [0.5, 0.6) is 0 Å². The van der Waals surface area contributed by atoms with Gasteiger partial charge in [-0.05, 0) is 32.1 Å². The highest BCUT2D eigenvalue weighted by Crippen LogP contribution is 2.34. The van der Waals surface area contributed by atoms with Gasteiger partial charge < -0.3 is 5.32 Å². The maximum atomic E-state index is 3.70. The second-order valence-electron chi connectivity index (χ2n) is 6.09. The molecule has 0 bridgehead atoms. The van der Waals surface area contributed by atoms with Crippen LogP contribution in [0.1, 0.15) is 58.8 Å². The van der Waals surface area contributed by atoms with E-state index in [4.69, 9.17) is 0 Å². The summed E-state index contributed by atoms with van der Waals surface area (Å²) < 4.78 is 0. The van der Waals surface area contributed by atoms with Crippen molar-refractivity contribution in [3.8, 4) is 0 Å². The van der Waals surface area contributed by atoms with Gasteiger partial charge in [-0.2, -0.15) is 0 Å². The summed E-state index contributed by atoms with van der Waals surface area (Å²) in [6, 6.07) is 1.61. The van der Waals surface area contributed by atoms with Gasteiger partial charge in [0, 0.05) is 31.7 Å². The Labute approximate surface area is 107 Å². The van der Waals surface area contributed by atoms with Crippen LogP contribution in [0, 0.1) is 5.92 Å². The van der Waals surface area contributed by atoms with E-state index in [0.29, 0.717) is 0 Å². The van der Waals surface area contributed by atoms with Gasteiger partial charge in [-0.15, -0.1) is 0 Å². The quantitative estimate of drug-likeness (QED) is 0.686. The monoisotopic (exact) mass is 238 g/mol. The SMILES string of the molecule is CCCCCCC(C)N1CCNC(C2CC2)C1. The second-order valence-corrected chi connectivity index (χ2v) is 6.09. The van der Waals surface area contributed by atoms with Crippen LogP contribution in [0.2, 0.25) is 0 Å². The summed E-state index contributed by atoms with van der Waals surface area (Å²) in [5.41, 5.74) is 0. The fourth-order valence-corrected chi connectivity index (χ4v) is 3.07. The van der Waals surface area contributed by atoms with Crippen molar-refractivity contribution in [1.82, 2.24) is 10.2 Å². The molecule has 2 atom stereocenters. The van der Waals surface area contributed by atoms with E-state index in [0.717, 1.165) is 18.0 Å². The van der Waals surface area contributed by atoms with E-state index in [1.165, 1.54) is 64.6 Å². The van der Waals surface area contributed by atoms with Crippen molar-refractivity contribution < 1.29 is 0 Å². The summed E-state index contributed by atoms with van der Waals surface area (Å²) in [5, 5.41) is 3.70. The molecule has 2 nitrogen and oxygen atoms in total. The van der Waals surface area contributed by atoms with E-state index in [9.17, 15) is 0 Å². The molecule has 2 aliphatic rings. The number of hydrogen-bond acceptors (Lipinski definition) is 2. The number of hydrogen-bond donors (Lipinski definition) is 1. The lowest BCUT2D eigenvalue weighted by atomic mass is 10.0. The lowest BCUT2D eigenvalue weighted by Crippen LogP contribution is -2.54. The van der Waals surface area contributed by atoms with Gasteiger partial charge in [-0.1, -0.05) is 32.6 Å². The molecule has 0 aromatic heterocycles. The van der Waals surface area contributed by atoms with Gasteiger partial charge in [0.25, 0.3) is 0 Å². The number of unbranched alkanes of at least 4 members (excludes halogenated alkanes) is 3. The molecule has 1 aliphatic heterocycles. The van der Waals surface area contributed by atoms with E-state index >= 15 is 0 Å². The van der Waals surface area contributed by atoms with Crippen LogP contribution < -0.4 is 5.32 Å². The summed E-state index contributed by atoms with van der Waals surface area (Å²) in [6.07, 6.45) is 9.96. The average Bonchev–Trinajstić information content (AvgIpc) is 3.19. The van der Waals surface area contributed by atoms with E-state index in [1.54, 1.807) is 0 Å². The third-order valence-electron chi connectivity index (χ3n) is 4.53. The molecule has 17 heavy (non-hydrogen) atoms. The first-order valence-electron chi connectivity index (χ1n) is 7.78. The smallest absolute Gasteiger partial charge is 0.0223 e. The van der Waals surface area contributed by atoms with Crippen LogP contribution >= 0.6 is 0 Å². The minimum Gasteiger partial charge on any atom is -0.311 e. The number of nitrogens with zero attached hydrogens (tertiary/aromatic N) is 1. The summed E-state index contributed by atoms with van der Waals surface area (Å²) in [5.74, 6) is 1.00.